The zero-order chi connectivity index (χ0) is 10.4. The second-order valence-electron chi connectivity index (χ2n) is 5.99. The Labute approximate surface area is 88.1 Å². The first-order valence-electron chi connectivity index (χ1n) is 5.93. The molecule has 0 bridgehead atoms. The minimum Gasteiger partial charge on any atom is -0.315 e. The highest BCUT2D eigenvalue weighted by Crippen LogP contribution is 2.65. The first-order chi connectivity index (χ1) is 6.48. The zero-order valence-electron chi connectivity index (χ0n) is 10.1. The Bertz CT molecular complexity index is 198. The molecule has 82 valence electrons. The van der Waals surface area contributed by atoms with Crippen LogP contribution in [0.25, 0.3) is 0 Å². The second kappa shape index (κ2) is 3.21. The molecule has 1 N–H and O–H groups in total. The molecule has 2 rings (SSSR count). The van der Waals surface area contributed by atoms with Gasteiger partial charge in [-0.2, -0.15) is 0 Å². The molecule has 0 aromatic rings. The van der Waals surface area contributed by atoms with E-state index in [1.807, 2.05) is 0 Å². The molecule has 1 saturated heterocycles. The molecule has 1 heterocycles. The molecular formula is C12H24N2. The summed E-state index contributed by atoms with van der Waals surface area (Å²) in [6, 6.07) is 0.801. The average molecular weight is 196 g/mol. The fourth-order valence-corrected chi connectivity index (χ4v) is 3.20. The smallest absolute Gasteiger partial charge is 0.0209 e. The van der Waals surface area contributed by atoms with Gasteiger partial charge in [0.1, 0.15) is 0 Å². The van der Waals surface area contributed by atoms with E-state index in [1.165, 1.54) is 32.6 Å². The van der Waals surface area contributed by atoms with Gasteiger partial charge in [0.25, 0.3) is 0 Å². The van der Waals surface area contributed by atoms with Gasteiger partial charge in [-0.05, 0) is 30.3 Å². The van der Waals surface area contributed by atoms with Gasteiger partial charge in [0.2, 0.25) is 0 Å². The number of rotatable bonds is 1. The fraction of sp³-hybridized carbons (Fsp3) is 1.00. The third kappa shape index (κ3) is 1.40. The van der Waals surface area contributed by atoms with Gasteiger partial charge < -0.3 is 5.32 Å². The quantitative estimate of drug-likeness (QED) is 0.687. The third-order valence-electron chi connectivity index (χ3n) is 4.68. The maximum absolute atomic E-state index is 3.47. The Balaban J connectivity index is 2.02. The molecule has 0 atom stereocenters. The van der Waals surface area contributed by atoms with E-state index in [4.69, 9.17) is 0 Å². The molecule has 1 saturated carbocycles. The Morgan fingerprint density at radius 3 is 2.21 bits per heavy atom. The fourth-order valence-electron chi connectivity index (χ4n) is 3.20. The van der Waals surface area contributed by atoms with Crippen molar-refractivity contribution in [2.75, 3.05) is 26.2 Å². The molecule has 0 unspecified atom stereocenters. The van der Waals surface area contributed by atoms with Crippen LogP contribution in [0.4, 0.5) is 0 Å². The van der Waals surface area contributed by atoms with E-state index in [2.05, 4.69) is 37.9 Å². The van der Waals surface area contributed by atoms with Crippen molar-refractivity contribution < 1.29 is 0 Å². The van der Waals surface area contributed by atoms with Crippen LogP contribution in [0.5, 0.6) is 0 Å². The van der Waals surface area contributed by atoms with Gasteiger partial charge >= 0.3 is 0 Å². The first-order valence-corrected chi connectivity index (χ1v) is 5.93. The van der Waals surface area contributed by atoms with Crippen LogP contribution >= 0.6 is 0 Å². The molecule has 1 aliphatic carbocycles. The summed E-state index contributed by atoms with van der Waals surface area (Å²) in [5.74, 6) is 0. The van der Waals surface area contributed by atoms with Gasteiger partial charge in [0, 0.05) is 19.1 Å². The summed E-state index contributed by atoms with van der Waals surface area (Å²) >= 11 is 0. The maximum atomic E-state index is 3.47. The average Bonchev–Trinajstić information content (AvgIpc) is 2.61. The first kappa shape index (κ1) is 10.4. The third-order valence-corrected chi connectivity index (χ3v) is 4.68. The number of hydrogen-bond donors (Lipinski definition) is 1. The van der Waals surface area contributed by atoms with Crippen LogP contribution in [0.1, 0.15) is 34.1 Å². The van der Waals surface area contributed by atoms with E-state index in [-0.39, 0.29) is 0 Å². The highest BCUT2D eigenvalue weighted by molar-refractivity contribution is 5.18. The van der Waals surface area contributed by atoms with Crippen molar-refractivity contribution in [3.63, 3.8) is 0 Å². The molecule has 2 heteroatoms. The van der Waals surface area contributed by atoms with Crippen LogP contribution in [0.3, 0.4) is 0 Å². The highest BCUT2D eigenvalue weighted by atomic mass is 15.2. The Hall–Kier alpha value is -0.0800. The van der Waals surface area contributed by atoms with Crippen molar-refractivity contribution >= 4 is 0 Å². The molecule has 1 aliphatic heterocycles. The Morgan fingerprint density at radius 1 is 1.00 bits per heavy atom. The van der Waals surface area contributed by atoms with Crippen molar-refractivity contribution in [2.45, 2.75) is 40.2 Å². The standard InChI is InChI=1S/C12H24N2/c1-11(2)10(12(11,3)4)14-8-5-6-13-7-9-14/h10,13H,5-9H2,1-4H3. The Kier molecular flexibility index (Phi) is 2.39. The van der Waals surface area contributed by atoms with E-state index >= 15 is 0 Å². The summed E-state index contributed by atoms with van der Waals surface area (Å²) < 4.78 is 0. The van der Waals surface area contributed by atoms with Gasteiger partial charge in [-0.1, -0.05) is 27.7 Å². The van der Waals surface area contributed by atoms with Crippen molar-refractivity contribution in [3.05, 3.63) is 0 Å². The topological polar surface area (TPSA) is 15.3 Å². The van der Waals surface area contributed by atoms with Crippen LogP contribution in [-0.2, 0) is 0 Å². The van der Waals surface area contributed by atoms with Gasteiger partial charge in [-0.3, -0.25) is 4.90 Å². The van der Waals surface area contributed by atoms with E-state index in [0.29, 0.717) is 10.8 Å². The van der Waals surface area contributed by atoms with Crippen molar-refractivity contribution in [1.29, 1.82) is 0 Å². The van der Waals surface area contributed by atoms with E-state index in [1.54, 1.807) is 0 Å². The molecule has 0 aromatic heterocycles. The van der Waals surface area contributed by atoms with E-state index in [0.717, 1.165) is 6.04 Å². The molecule has 2 aliphatic rings. The molecule has 2 fully saturated rings. The number of hydrogen-bond acceptors (Lipinski definition) is 2. The lowest BCUT2D eigenvalue weighted by molar-refractivity contribution is 0.240. The normalized spacial score (nSPS) is 32.6. The van der Waals surface area contributed by atoms with Crippen LogP contribution in [-0.4, -0.2) is 37.1 Å². The van der Waals surface area contributed by atoms with Gasteiger partial charge in [0.15, 0.2) is 0 Å². The lowest BCUT2D eigenvalue weighted by atomic mass is 10.0. The Morgan fingerprint density at radius 2 is 1.64 bits per heavy atom. The highest BCUT2D eigenvalue weighted by Gasteiger charge is 2.66. The van der Waals surface area contributed by atoms with Crippen LogP contribution in [0.2, 0.25) is 0 Å². The molecule has 14 heavy (non-hydrogen) atoms. The minimum atomic E-state index is 0.511. The number of nitrogens with zero attached hydrogens (tertiary/aromatic N) is 1. The lowest BCUT2D eigenvalue weighted by Crippen LogP contribution is -2.33. The van der Waals surface area contributed by atoms with E-state index < -0.39 is 0 Å². The lowest BCUT2D eigenvalue weighted by Gasteiger charge is -2.22. The predicted octanol–water partition coefficient (Wildman–Crippen LogP) is 1.72. The van der Waals surface area contributed by atoms with Crippen LogP contribution in [0, 0.1) is 10.8 Å². The molecule has 0 radical (unpaired) electrons. The van der Waals surface area contributed by atoms with Gasteiger partial charge in [-0.25, -0.2) is 0 Å². The molecule has 0 aromatic carbocycles. The SMILES string of the molecule is CC1(C)C(N2CCCNCC2)C1(C)C. The molecule has 0 amide bonds. The summed E-state index contributed by atoms with van der Waals surface area (Å²) in [7, 11) is 0. The zero-order valence-corrected chi connectivity index (χ0v) is 10.1. The van der Waals surface area contributed by atoms with E-state index in [9.17, 15) is 0 Å². The summed E-state index contributed by atoms with van der Waals surface area (Å²) in [4.78, 5) is 2.69. The number of nitrogens with one attached hydrogen (secondary N) is 1. The van der Waals surface area contributed by atoms with Crippen molar-refractivity contribution in [3.8, 4) is 0 Å². The largest absolute Gasteiger partial charge is 0.315 e. The maximum Gasteiger partial charge on any atom is 0.0209 e. The molecular weight excluding hydrogens is 172 g/mol. The van der Waals surface area contributed by atoms with Crippen molar-refractivity contribution in [1.82, 2.24) is 10.2 Å². The van der Waals surface area contributed by atoms with Crippen LogP contribution < -0.4 is 5.32 Å². The van der Waals surface area contributed by atoms with Crippen molar-refractivity contribution in [2.24, 2.45) is 10.8 Å². The van der Waals surface area contributed by atoms with Gasteiger partial charge in [0.05, 0.1) is 0 Å². The second-order valence-corrected chi connectivity index (χ2v) is 5.99. The predicted molar refractivity (Wildman–Crippen MR) is 60.4 cm³/mol. The molecule has 0 spiro atoms. The summed E-state index contributed by atoms with van der Waals surface area (Å²) in [5.41, 5.74) is 1.02. The summed E-state index contributed by atoms with van der Waals surface area (Å²) in [5, 5.41) is 3.47. The monoisotopic (exact) mass is 196 g/mol. The summed E-state index contributed by atoms with van der Waals surface area (Å²) in [6.45, 7) is 14.5. The molecule has 2 nitrogen and oxygen atoms in total. The summed E-state index contributed by atoms with van der Waals surface area (Å²) in [6.07, 6.45) is 1.31. The minimum absolute atomic E-state index is 0.511. The van der Waals surface area contributed by atoms with Gasteiger partial charge in [-0.15, -0.1) is 0 Å². The van der Waals surface area contributed by atoms with Crippen LogP contribution in [0.15, 0.2) is 0 Å².